The van der Waals surface area contributed by atoms with E-state index in [4.69, 9.17) is 16.0 Å². The maximum absolute atomic E-state index is 5.82. The molecule has 0 aromatic carbocycles. The average Bonchev–Trinajstić information content (AvgIpc) is 2.72. The Morgan fingerprint density at radius 2 is 2.21 bits per heavy atom. The van der Waals surface area contributed by atoms with Crippen LogP contribution >= 0.6 is 11.6 Å². The van der Waals surface area contributed by atoms with Crippen molar-refractivity contribution in [2.24, 2.45) is 5.92 Å². The zero-order valence-corrected chi connectivity index (χ0v) is 9.64. The van der Waals surface area contributed by atoms with Crippen molar-refractivity contribution in [3.63, 3.8) is 0 Å². The highest BCUT2D eigenvalue weighted by Crippen LogP contribution is 2.47. The van der Waals surface area contributed by atoms with Crippen LogP contribution in [0.5, 0.6) is 0 Å². The number of nitrogens with zero attached hydrogens (tertiary/aromatic N) is 1. The SMILES string of the molecule is CC(C)c1nc(C2CC2C)oc1CCl. The van der Waals surface area contributed by atoms with Gasteiger partial charge in [0.2, 0.25) is 0 Å². The lowest BCUT2D eigenvalue weighted by Gasteiger charge is -1.99. The maximum atomic E-state index is 5.82. The lowest BCUT2D eigenvalue weighted by molar-refractivity contribution is 0.462. The van der Waals surface area contributed by atoms with E-state index in [9.17, 15) is 0 Å². The largest absolute Gasteiger partial charge is 0.444 e. The van der Waals surface area contributed by atoms with Crippen LogP contribution in [0, 0.1) is 5.92 Å². The number of oxazole rings is 1. The summed E-state index contributed by atoms with van der Waals surface area (Å²) >= 11 is 5.82. The Balaban J connectivity index is 2.27. The third kappa shape index (κ3) is 1.68. The van der Waals surface area contributed by atoms with Crippen molar-refractivity contribution in [2.75, 3.05) is 0 Å². The molecule has 0 amide bonds. The summed E-state index contributed by atoms with van der Waals surface area (Å²) in [5.74, 6) is 3.87. The van der Waals surface area contributed by atoms with Gasteiger partial charge in [-0.15, -0.1) is 11.6 Å². The van der Waals surface area contributed by atoms with Crippen molar-refractivity contribution in [1.29, 1.82) is 0 Å². The third-order valence-corrected chi connectivity index (χ3v) is 3.08. The lowest BCUT2D eigenvalue weighted by Crippen LogP contribution is -1.92. The minimum atomic E-state index is 0.398. The van der Waals surface area contributed by atoms with Crippen molar-refractivity contribution in [3.05, 3.63) is 17.3 Å². The number of rotatable bonds is 3. The molecule has 0 aliphatic heterocycles. The molecule has 2 rings (SSSR count). The second kappa shape index (κ2) is 3.58. The summed E-state index contributed by atoms with van der Waals surface area (Å²) in [6, 6.07) is 0. The van der Waals surface area contributed by atoms with E-state index in [0.29, 0.717) is 17.7 Å². The second-order valence-electron chi connectivity index (χ2n) is 4.47. The first-order valence-corrected chi connectivity index (χ1v) is 5.72. The molecule has 1 aliphatic rings. The molecular formula is C11H16ClNO. The minimum absolute atomic E-state index is 0.398. The molecule has 1 fully saturated rings. The molecule has 14 heavy (non-hydrogen) atoms. The summed E-state index contributed by atoms with van der Waals surface area (Å²) in [6.45, 7) is 6.46. The topological polar surface area (TPSA) is 26.0 Å². The Bertz CT molecular complexity index is 332. The second-order valence-corrected chi connectivity index (χ2v) is 4.74. The zero-order chi connectivity index (χ0) is 10.3. The van der Waals surface area contributed by atoms with Gasteiger partial charge in [0.05, 0.1) is 11.6 Å². The summed E-state index contributed by atoms with van der Waals surface area (Å²) in [7, 11) is 0. The van der Waals surface area contributed by atoms with Crippen LogP contribution in [0.3, 0.4) is 0 Å². The number of hydrogen-bond acceptors (Lipinski definition) is 2. The first kappa shape index (κ1) is 10.0. The molecule has 0 spiro atoms. The molecule has 0 saturated heterocycles. The smallest absolute Gasteiger partial charge is 0.198 e. The summed E-state index contributed by atoms with van der Waals surface area (Å²) in [5, 5.41) is 0. The van der Waals surface area contributed by atoms with Gasteiger partial charge >= 0.3 is 0 Å². The Morgan fingerprint density at radius 3 is 2.57 bits per heavy atom. The Hall–Kier alpha value is -0.500. The third-order valence-electron chi connectivity index (χ3n) is 2.84. The monoisotopic (exact) mass is 213 g/mol. The number of aromatic nitrogens is 1. The first-order chi connectivity index (χ1) is 6.63. The van der Waals surface area contributed by atoms with Crippen LogP contribution in [-0.4, -0.2) is 4.98 Å². The molecule has 1 aromatic rings. The molecule has 1 saturated carbocycles. The van der Waals surface area contributed by atoms with Gasteiger partial charge in [-0.1, -0.05) is 20.8 Å². The molecule has 3 heteroatoms. The average molecular weight is 214 g/mol. The summed E-state index contributed by atoms with van der Waals surface area (Å²) < 4.78 is 5.68. The maximum Gasteiger partial charge on any atom is 0.198 e. The summed E-state index contributed by atoms with van der Waals surface area (Å²) in [4.78, 5) is 4.54. The van der Waals surface area contributed by atoms with Crippen LogP contribution in [0.15, 0.2) is 4.42 Å². The van der Waals surface area contributed by atoms with E-state index in [1.54, 1.807) is 0 Å². The minimum Gasteiger partial charge on any atom is -0.444 e. The van der Waals surface area contributed by atoms with E-state index in [1.165, 1.54) is 6.42 Å². The van der Waals surface area contributed by atoms with Crippen molar-refractivity contribution < 1.29 is 4.42 Å². The predicted molar refractivity (Wildman–Crippen MR) is 56.7 cm³/mol. The molecule has 2 nitrogen and oxygen atoms in total. The molecule has 1 aromatic heterocycles. The van der Waals surface area contributed by atoms with Crippen LogP contribution in [-0.2, 0) is 5.88 Å². The molecule has 0 N–H and O–H groups in total. The Morgan fingerprint density at radius 1 is 1.57 bits per heavy atom. The molecule has 2 atom stereocenters. The van der Waals surface area contributed by atoms with Gasteiger partial charge in [-0.25, -0.2) is 4.98 Å². The van der Waals surface area contributed by atoms with E-state index in [2.05, 4.69) is 25.8 Å². The van der Waals surface area contributed by atoms with E-state index in [1.807, 2.05) is 0 Å². The highest BCUT2D eigenvalue weighted by atomic mass is 35.5. The van der Waals surface area contributed by atoms with Crippen molar-refractivity contribution in [1.82, 2.24) is 4.98 Å². The summed E-state index contributed by atoms with van der Waals surface area (Å²) in [5.41, 5.74) is 1.04. The van der Waals surface area contributed by atoms with Crippen LogP contribution in [0.4, 0.5) is 0 Å². The predicted octanol–water partition coefficient (Wildman–Crippen LogP) is 3.66. The van der Waals surface area contributed by atoms with Gasteiger partial charge in [0.1, 0.15) is 5.76 Å². The standard InChI is InChI=1S/C11H16ClNO/c1-6(2)10-9(5-12)14-11(13-10)8-4-7(8)3/h6-8H,4-5H2,1-3H3. The summed E-state index contributed by atoms with van der Waals surface area (Å²) in [6.07, 6.45) is 1.21. The van der Waals surface area contributed by atoms with Crippen LogP contribution in [0.1, 0.15) is 56.4 Å². The molecular weight excluding hydrogens is 198 g/mol. The number of halogens is 1. The van der Waals surface area contributed by atoms with E-state index >= 15 is 0 Å². The fraction of sp³-hybridized carbons (Fsp3) is 0.727. The fourth-order valence-electron chi connectivity index (χ4n) is 1.75. The van der Waals surface area contributed by atoms with Gasteiger partial charge in [-0.05, 0) is 18.3 Å². The number of hydrogen-bond donors (Lipinski definition) is 0. The van der Waals surface area contributed by atoms with E-state index in [0.717, 1.165) is 23.3 Å². The molecule has 1 aliphatic carbocycles. The quantitative estimate of drug-likeness (QED) is 0.717. The van der Waals surface area contributed by atoms with Crippen LogP contribution in [0.25, 0.3) is 0 Å². The first-order valence-electron chi connectivity index (χ1n) is 5.19. The molecule has 78 valence electrons. The zero-order valence-electron chi connectivity index (χ0n) is 8.88. The molecule has 0 radical (unpaired) electrons. The normalized spacial score (nSPS) is 25.8. The van der Waals surface area contributed by atoms with Crippen molar-refractivity contribution in [3.8, 4) is 0 Å². The van der Waals surface area contributed by atoms with Crippen molar-refractivity contribution >= 4 is 11.6 Å². The Labute approximate surface area is 89.7 Å². The van der Waals surface area contributed by atoms with Gasteiger partial charge in [-0.3, -0.25) is 0 Å². The van der Waals surface area contributed by atoms with Crippen molar-refractivity contribution in [2.45, 2.75) is 44.9 Å². The Kier molecular flexibility index (Phi) is 2.56. The van der Waals surface area contributed by atoms with Gasteiger partial charge in [0.25, 0.3) is 0 Å². The molecule has 0 bridgehead atoms. The lowest BCUT2D eigenvalue weighted by atomic mass is 10.1. The fourth-order valence-corrected chi connectivity index (χ4v) is 1.95. The van der Waals surface area contributed by atoms with Crippen LogP contribution in [0.2, 0.25) is 0 Å². The molecule has 2 unspecified atom stereocenters. The van der Waals surface area contributed by atoms with Crippen LogP contribution < -0.4 is 0 Å². The van der Waals surface area contributed by atoms with Gasteiger partial charge in [0, 0.05) is 5.92 Å². The molecule has 1 heterocycles. The van der Waals surface area contributed by atoms with Gasteiger partial charge in [-0.2, -0.15) is 0 Å². The number of alkyl halides is 1. The highest BCUT2D eigenvalue weighted by Gasteiger charge is 2.38. The van der Waals surface area contributed by atoms with Gasteiger partial charge < -0.3 is 4.42 Å². The highest BCUT2D eigenvalue weighted by molar-refractivity contribution is 6.16. The van der Waals surface area contributed by atoms with E-state index in [-0.39, 0.29) is 0 Å². The van der Waals surface area contributed by atoms with E-state index < -0.39 is 0 Å². The van der Waals surface area contributed by atoms with Gasteiger partial charge in [0.15, 0.2) is 5.89 Å².